The monoisotopic (exact) mass is 440 g/mol. The van der Waals surface area contributed by atoms with Gasteiger partial charge in [-0.2, -0.15) is 13.2 Å². The second kappa shape index (κ2) is 8.70. The van der Waals surface area contributed by atoms with Gasteiger partial charge in [0.1, 0.15) is 18.2 Å². The maximum absolute atomic E-state index is 12.7. The zero-order valence-corrected chi connectivity index (χ0v) is 17.0. The van der Waals surface area contributed by atoms with Gasteiger partial charge in [-0.15, -0.1) is 0 Å². The zero-order chi connectivity index (χ0) is 22.7. The minimum atomic E-state index is -5.08. The molecule has 1 atom stereocenters. The minimum absolute atomic E-state index is 0.0972. The predicted molar refractivity (Wildman–Crippen MR) is 114 cm³/mol. The molecule has 2 aromatic heterocycles. The van der Waals surface area contributed by atoms with Crippen molar-refractivity contribution < 1.29 is 22.7 Å². The standard InChI is InChI=1S/C23H19F3N4O2/c1-30-10-9-17-11-16(7-8-19(17)30)18-12-21(29-14-28-18)27-13-20(15-5-3-2-4-6-15)32-22(31)23(24,25)26/h2-12,14,20H,13H2,1H3,(H,27,28,29)/t20-/m0/s1. The maximum Gasteiger partial charge on any atom is 0.490 e. The Morgan fingerprint density at radius 3 is 2.62 bits per heavy atom. The number of fused-ring (bicyclic) bond motifs is 1. The lowest BCUT2D eigenvalue weighted by Crippen LogP contribution is -2.29. The Balaban J connectivity index is 1.53. The molecule has 9 heteroatoms. The van der Waals surface area contributed by atoms with Gasteiger partial charge in [0.2, 0.25) is 0 Å². The van der Waals surface area contributed by atoms with Gasteiger partial charge in [0.25, 0.3) is 0 Å². The van der Waals surface area contributed by atoms with E-state index in [2.05, 4.69) is 15.3 Å². The Labute approximate surface area is 181 Å². The molecule has 164 valence electrons. The van der Waals surface area contributed by atoms with Gasteiger partial charge in [0.15, 0.2) is 0 Å². The molecule has 32 heavy (non-hydrogen) atoms. The number of hydrogen-bond donors (Lipinski definition) is 1. The number of benzene rings is 2. The smallest absolute Gasteiger partial charge is 0.449 e. The van der Waals surface area contributed by atoms with E-state index in [1.54, 1.807) is 36.4 Å². The van der Waals surface area contributed by atoms with Gasteiger partial charge in [0, 0.05) is 35.8 Å². The molecule has 4 aromatic rings. The molecule has 4 rings (SSSR count). The van der Waals surface area contributed by atoms with Crippen molar-refractivity contribution in [3.8, 4) is 11.3 Å². The van der Waals surface area contributed by atoms with Crippen molar-refractivity contribution in [2.45, 2.75) is 12.3 Å². The van der Waals surface area contributed by atoms with Crippen LogP contribution in [0.4, 0.5) is 19.0 Å². The summed E-state index contributed by atoms with van der Waals surface area (Å²) in [5.74, 6) is -1.85. The topological polar surface area (TPSA) is 69.0 Å². The van der Waals surface area contributed by atoms with Crippen LogP contribution in [0.5, 0.6) is 0 Å². The van der Waals surface area contributed by atoms with E-state index in [1.807, 2.05) is 42.1 Å². The molecule has 2 aromatic carbocycles. The van der Waals surface area contributed by atoms with E-state index in [4.69, 9.17) is 4.74 Å². The third-order valence-corrected chi connectivity index (χ3v) is 4.97. The van der Waals surface area contributed by atoms with Gasteiger partial charge in [-0.3, -0.25) is 0 Å². The van der Waals surface area contributed by atoms with Crippen LogP contribution in [0.15, 0.2) is 73.2 Å². The number of nitrogens with one attached hydrogen (secondary N) is 1. The van der Waals surface area contributed by atoms with Crippen LogP contribution in [0.3, 0.4) is 0 Å². The Bertz CT molecular complexity index is 1240. The van der Waals surface area contributed by atoms with E-state index < -0.39 is 18.2 Å². The Kier molecular flexibility index (Phi) is 5.81. The quantitative estimate of drug-likeness (QED) is 0.432. The molecule has 0 saturated heterocycles. The minimum Gasteiger partial charge on any atom is -0.449 e. The lowest BCUT2D eigenvalue weighted by Gasteiger charge is -2.20. The SMILES string of the molecule is Cn1ccc2cc(-c3cc(NC[C@H](OC(=O)C(F)(F)F)c4ccccc4)ncn3)ccc21. The van der Waals surface area contributed by atoms with Crippen LogP contribution in [0.2, 0.25) is 0 Å². The van der Waals surface area contributed by atoms with Gasteiger partial charge in [-0.05, 0) is 23.8 Å². The summed E-state index contributed by atoms with van der Waals surface area (Å²) in [7, 11) is 1.96. The van der Waals surface area contributed by atoms with Gasteiger partial charge in [-0.25, -0.2) is 14.8 Å². The number of aromatic nitrogens is 3. The number of rotatable bonds is 6. The molecule has 6 nitrogen and oxygen atoms in total. The van der Waals surface area contributed by atoms with E-state index in [1.165, 1.54) is 6.33 Å². The summed E-state index contributed by atoms with van der Waals surface area (Å²) in [6, 6.07) is 17.8. The van der Waals surface area contributed by atoms with Crippen LogP contribution in [0.25, 0.3) is 22.2 Å². The molecule has 0 aliphatic heterocycles. The van der Waals surface area contributed by atoms with E-state index in [0.29, 0.717) is 17.1 Å². The summed E-state index contributed by atoms with van der Waals surface area (Å²) >= 11 is 0. The van der Waals surface area contributed by atoms with Gasteiger partial charge in [0.05, 0.1) is 12.2 Å². The lowest BCUT2D eigenvalue weighted by atomic mass is 10.1. The molecule has 2 heterocycles. The van der Waals surface area contributed by atoms with E-state index in [9.17, 15) is 18.0 Å². The highest BCUT2D eigenvalue weighted by Gasteiger charge is 2.42. The highest BCUT2D eigenvalue weighted by molar-refractivity contribution is 5.85. The molecule has 0 spiro atoms. The summed E-state index contributed by atoms with van der Waals surface area (Å²) in [5, 5.41) is 4.01. The molecular formula is C23H19F3N4O2. The number of alkyl halides is 3. The fourth-order valence-corrected chi connectivity index (χ4v) is 3.34. The van der Waals surface area contributed by atoms with Crippen LogP contribution in [-0.4, -0.2) is 33.2 Å². The number of anilines is 1. The fourth-order valence-electron chi connectivity index (χ4n) is 3.34. The molecule has 0 saturated carbocycles. The van der Waals surface area contributed by atoms with Crippen molar-refractivity contribution in [2.75, 3.05) is 11.9 Å². The highest BCUT2D eigenvalue weighted by Crippen LogP contribution is 2.26. The van der Waals surface area contributed by atoms with Gasteiger partial charge < -0.3 is 14.6 Å². The Morgan fingerprint density at radius 2 is 1.88 bits per heavy atom. The van der Waals surface area contributed by atoms with Crippen molar-refractivity contribution in [3.05, 3.63) is 78.8 Å². The first-order valence-corrected chi connectivity index (χ1v) is 9.75. The normalized spacial score (nSPS) is 12.5. The fraction of sp³-hybridized carbons (Fsp3) is 0.174. The van der Waals surface area contributed by atoms with Crippen molar-refractivity contribution in [3.63, 3.8) is 0 Å². The molecule has 0 aliphatic rings. The van der Waals surface area contributed by atoms with Crippen LogP contribution < -0.4 is 5.32 Å². The Morgan fingerprint density at radius 1 is 1.09 bits per heavy atom. The van der Waals surface area contributed by atoms with E-state index >= 15 is 0 Å². The third-order valence-electron chi connectivity index (χ3n) is 4.97. The number of nitrogens with zero attached hydrogens (tertiary/aromatic N) is 3. The summed E-state index contributed by atoms with van der Waals surface area (Å²) in [4.78, 5) is 19.8. The van der Waals surface area contributed by atoms with Crippen molar-refractivity contribution in [2.24, 2.45) is 7.05 Å². The molecule has 0 amide bonds. The second-order valence-corrected chi connectivity index (χ2v) is 7.17. The number of esters is 1. The van der Waals surface area contributed by atoms with Crippen LogP contribution in [0, 0.1) is 0 Å². The van der Waals surface area contributed by atoms with Crippen molar-refractivity contribution >= 4 is 22.7 Å². The van der Waals surface area contributed by atoms with Crippen LogP contribution >= 0.6 is 0 Å². The molecular weight excluding hydrogens is 421 g/mol. The third kappa shape index (κ3) is 4.72. The molecule has 0 aliphatic carbocycles. The number of halogens is 3. The van der Waals surface area contributed by atoms with E-state index in [0.717, 1.165) is 16.5 Å². The first-order chi connectivity index (χ1) is 15.3. The number of carbonyl (C=O) groups excluding carboxylic acids is 1. The second-order valence-electron chi connectivity index (χ2n) is 7.17. The first kappa shape index (κ1) is 21.4. The molecule has 0 bridgehead atoms. The number of aryl methyl sites for hydroxylation is 1. The molecule has 0 radical (unpaired) electrons. The molecule has 1 N–H and O–H groups in total. The largest absolute Gasteiger partial charge is 0.490 e. The average molecular weight is 440 g/mol. The summed E-state index contributed by atoms with van der Waals surface area (Å²) < 4.78 is 44.9. The number of carbonyl (C=O) groups is 1. The summed E-state index contributed by atoms with van der Waals surface area (Å²) in [6.07, 6.45) is -2.89. The number of ether oxygens (including phenoxy) is 1. The van der Waals surface area contributed by atoms with Crippen LogP contribution in [0.1, 0.15) is 11.7 Å². The van der Waals surface area contributed by atoms with Crippen molar-refractivity contribution in [1.82, 2.24) is 14.5 Å². The van der Waals surface area contributed by atoms with Crippen LogP contribution in [-0.2, 0) is 16.6 Å². The molecule has 0 fully saturated rings. The zero-order valence-electron chi connectivity index (χ0n) is 17.0. The summed E-state index contributed by atoms with van der Waals surface area (Å²) in [5.41, 5.74) is 3.04. The lowest BCUT2D eigenvalue weighted by molar-refractivity contribution is -0.204. The average Bonchev–Trinajstić information content (AvgIpc) is 3.16. The van der Waals surface area contributed by atoms with Gasteiger partial charge in [-0.1, -0.05) is 36.4 Å². The highest BCUT2D eigenvalue weighted by atomic mass is 19.4. The summed E-state index contributed by atoms with van der Waals surface area (Å²) in [6.45, 7) is -0.0972. The maximum atomic E-state index is 12.7. The number of hydrogen-bond acceptors (Lipinski definition) is 5. The molecule has 0 unspecified atom stereocenters. The van der Waals surface area contributed by atoms with Crippen molar-refractivity contribution in [1.29, 1.82) is 0 Å². The van der Waals surface area contributed by atoms with Gasteiger partial charge >= 0.3 is 12.1 Å². The Hall–Kier alpha value is -3.88. The predicted octanol–water partition coefficient (Wildman–Crippen LogP) is 4.89. The van der Waals surface area contributed by atoms with E-state index in [-0.39, 0.29) is 6.54 Å². The first-order valence-electron chi connectivity index (χ1n) is 9.75.